The van der Waals surface area contributed by atoms with Gasteiger partial charge in [-0.1, -0.05) is 23.7 Å². The minimum atomic E-state index is -4.02. The van der Waals surface area contributed by atoms with E-state index in [1.165, 1.54) is 30.5 Å². The van der Waals surface area contributed by atoms with Crippen molar-refractivity contribution in [2.75, 3.05) is 4.90 Å². The number of pyridine rings is 1. The molecule has 9 heteroatoms. The van der Waals surface area contributed by atoms with E-state index in [0.717, 1.165) is 11.0 Å². The molecule has 25 heavy (non-hydrogen) atoms. The minimum absolute atomic E-state index is 0.123. The van der Waals surface area contributed by atoms with Crippen LogP contribution in [0.25, 0.3) is 0 Å². The van der Waals surface area contributed by atoms with Gasteiger partial charge >= 0.3 is 11.8 Å². The molecule has 1 aliphatic rings. The van der Waals surface area contributed by atoms with Gasteiger partial charge in [-0.3, -0.25) is 4.79 Å². The van der Waals surface area contributed by atoms with Crippen LogP contribution in [0.15, 0.2) is 36.5 Å². The first kappa shape index (κ1) is 17.6. The van der Waals surface area contributed by atoms with Crippen molar-refractivity contribution in [2.24, 2.45) is 0 Å². The molecule has 1 atom stereocenters. The topological polar surface area (TPSA) is 53.4 Å². The number of aromatic nitrogens is 1. The maximum Gasteiger partial charge on any atom is 0.352 e. The van der Waals surface area contributed by atoms with Crippen molar-refractivity contribution in [1.82, 2.24) is 4.98 Å². The number of hydrogen-bond donors (Lipinski definition) is 1. The summed E-state index contributed by atoms with van der Waals surface area (Å²) in [5.74, 6) is -5.57. The molecule has 4 nitrogen and oxygen atoms in total. The van der Waals surface area contributed by atoms with E-state index in [1.807, 2.05) is 0 Å². The molecule has 2 heterocycles. The lowest BCUT2D eigenvalue weighted by atomic mass is 9.98. The lowest BCUT2D eigenvalue weighted by Gasteiger charge is -2.18. The second-order valence-corrected chi connectivity index (χ2v) is 5.86. The Morgan fingerprint density at radius 1 is 1.28 bits per heavy atom. The molecule has 0 spiro atoms. The van der Waals surface area contributed by atoms with Gasteiger partial charge in [-0.15, -0.1) is 0 Å². The molecule has 0 aliphatic carbocycles. The van der Waals surface area contributed by atoms with Crippen LogP contribution < -0.4 is 4.90 Å². The van der Waals surface area contributed by atoms with Gasteiger partial charge in [0.1, 0.15) is 11.3 Å². The second-order valence-electron chi connectivity index (χ2n) is 5.47. The molecule has 0 saturated carbocycles. The molecule has 3 rings (SSSR count). The van der Waals surface area contributed by atoms with E-state index < -0.39 is 35.5 Å². The molecule has 0 saturated heterocycles. The normalized spacial score (nSPS) is 17.1. The molecule has 132 valence electrons. The molecular formula is C16H11ClF4N2O2. The van der Waals surface area contributed by atoms with Crippen LogP contribution in [-0.2, 0) is 17.3 Å². The molecule has 1 aliphatic heterocycles. The highest BCUT2D eigenvalue weighted by Gasteiger charge is 2.55. The third-order valence-corrected chi connectivity index (χ3v) is 4.09. The zero-order chi connectivity index (χ0) is 18.4. The van der Waals surface area contributed by atoms with Crippen molar-refractivity contribution >= 4 is 23.2 Å². The predicted molar refractivity (Wildman–Crippen MR) is 81.7 cm³/mol. The van der Waals surface area contributed by atoms with Crippen LogP contribution in [-0.4, -0.2) is 22.4 Å². The second kappa shape index (κ2) is 6.27. The minimum Gasteiger partial charge on any atom is -0.382 e. The number of amides is 1. The Hall–Kier alpha value is -2.19. The highest BCUT2D eigenvalue weighted by atomic mass is 35.5. The molecule has 1 N–H and O–H groups in total. The molecule has 1 aromatic carbocycles. The summed E-state index contributed by atoms with van der Waals surface area (Å²) in [5, 5.41) is 9.68. The van der Waals surface area contributed by atoms with Crippen molar-refractivity contribution in [2.45, 2.75) is 25.0 Å². The number of halogens is 5. The highest BCUT2D eigenvalue weighted by Crippen LogP contribution is 2.48. The van der Waals surface area contributed by atoms with Crippen LogP contribution in [0.1, 0.15) is 22.8 Å². The monoisotopic (exact) mass is 374 g/mol. The van der Waals surface area contributed by atoms with Gasteiger partial charge < -0.3 is 10.0 Å². The first-order valence-corrected chi connectivity index (χ1v) is 7.51. The maximum absolute atomic E-state index is 14.5. The Morgan fingerprint density at radius 2 is 2.00 bits per heavy atom. The number of anilines is 1. The van der Waals surface area contributed by atoms with Crippen LogP contribution in [0, 0.1) is 0 Å². The number of fused-ring (bicyclic) bond motifs is 1. The number of carbonyl (C=O) groups is 1. The van der Waals surface area contributed by atoms with Crippen LogP contribution in [0.3, 0.4) is 0 Å². The Balaban J connectivity index is 2.08. The average Bonchev–Trinajstić information content (AvgIpc) is 2.75. The van der Waals surface area contributed by atoms with E-state index in [9.17, 15) is 27.5 Å². The summed E-state index contributed by atoms with van der Waals surface area (Å²) in [5.41, 5.74) is -1.34. The molecule has 0 fully saturated rings. The van der Waals surface area contributed by atoms with Crippen LogP contribution in [0.2, 0.25) is 5.15 Å². The van der Waals surface area contributed by atoms with E-state index in [2.05, 4.69) is 4.98 Å². The van der Waals surface area contributed by atoms with E-state index in [0.29, 0.717) is 5.56 Å². The van der Waals surface area contributed by atoms with Gasteiger partial charge in [0.25, 0.3) is 6.43 Å². The van der Waals surface area contributed by atoms with Crippen molar-refractivity contribution in [3.05, 3.63) is 58.4 Å². The molecule has 2 aromatic rings. The van der Waals surface area contributed by atoms with Crippen LogP contribution in [0.5, 0.6) is 0 Å². The summed E-state index contributed by atoms with van der Waals surface area (Å²) in [7, 11) is 0. The van der Waals surface area contributed by atoms with Gasteiger partial charge in [0, 0.05) is 6.20 Å². The zero-order valence-electron chi connectivity index (χ0n) is 12.5. The van der Waals surface area contributed by atoms with Crippen molar-refractivity contribution < 1.29 is 27.5 Å². The summed E-state index contributed by atoms with van der Waals surface area (Å²) < 4.78 is 54.5. The van der Waals surface area contributed by atoms with Crippen molar-refractivity contribution in [1.29, 1.82) is 0 Å². The highest BCUT2D eigenvalue weighted by molar-refractivity contribution is 6.29. The fraction of sp³-hybridized carbons (Fsp3) is 0.250. The number of aliphatic hydroxyl groups is 1. The van der Waals surface area contributed by atoms with Gasteiger partial charge in [0.05, 0.1) is 17.8 Å². The SMILES string of the molecule is O=C1N(Cc2ccnc(Cl)c2)c2cccc(C(O)C(F)F)c2C1(F)F. The lowest BCUT2D eigenvalue weighted by Crippen LogP contribution is -2.34. The van der Waals surface area contributed by atoms with E-state index in [4.69, 9.17) is 11.6 Å². The fourth-order valence-corrected chi connectivity index (χ4v) is 2.97. The molecule has 1 aromatic heterocycles. The smallest absolute Gasteiger partial charge is 0.352 e. The molecule has 1 unspecified atom stereocenters. The number of benzene rings is 1. The standard InChI is InChI=1S/C16H11ClF4N2O2/c17-11-6-8(4-5-22-11)7-23-10-3-1-2-9(13(24)14(18)19)12(10)16(20,21)15(23)25/h1-6,13-14,24H,7H2. The zero-order valence-corrected chi connectivity index (χ0v) is 13.2. The van der Waals surface area contributed by atoms with Gasteiger partial charge in [-0.05, 0) is 29.3 Å². The van der Waals surface area contributed by atoms with Crippen LogP contribution in [0.4, 0.5) is 23.2 Å². The predicted octanol–water partition coefficient (Wildman–Crippen LogP) is 3.67. The Kier molecular flexibility index (Phi) is 4.42. The molecule has 1 amide bonds. The fourth-order valence-electron chi connectivity index (χ4n) is 2.77. The summed E-state index contributed by atoms with van der Waals surface area (Å²) >= 11 is 5.75. The summed E-state index contributed by atoms with van der Waals surface area (Å²) in [4.78, 5) is 16.7. The number of rotatable bonds is 4. The van der Waals surface area contributed by atoms with Crippen molar-refractivity contribution in [3.8, 4) is 0 Å². The Bertz CT molecular complexity index is 832. The third-order valence-electron chi connectivity index (χ3n) is 3.88. The summed E-state index contributed by atoms with van der Waals surface area (Å²) in [6.45, 7) is -0.238. The quantitative estimate of drug-likeness (QED) is 0.656. The van der Waals surface area contributed by atoms with E-state index in [1.54, 1.807) is 0 Å². The Labute approximate surface area is 144 Å². The van der Waals surface area contributed by atoms with Crippen molar-refractivity contribution in [3.63, 3.8) is 0 Å². The first-order chi connectivity index (χ1) is 11.7. The maximum atomic E-state index is 14.5. The average molecular weight is 375 g/mol. The van der Waals surface area contributed by atoms with Gasteiger partial charge in [0.2, 0.25) is 0 Å². The first-order valence-electron chi connectivity index (χ1n) is 7.13. The van der Waals surface area contributed by atoms with Gasteiger partial charge in [-0.2, -0.15) is 8.78 Å². The third kappa shape index (κ3) is 2.96. The number of carbonyl (C=O) groups excluding carboxylic acids is 1. The number of alkyl halides is 4. The van der Waals surface area contributed by atoms with E-state index in [-0.39, 0.29) is 17.4 Å². The summed E-state index contributed by atoms with van der Waals surface area (Å²) in [6, 6.07) is 6.32. The molecule has 0 radical (unpaired) electrons. The number of nitrogens with zero attached hydrogens (tertiary/aromatic N) is 2. The summed E-state index contributed by atoms with van der Waals surface area (Å²) in [6.07, 6.45) is -4.32. The molecular weight excluding hydrogens is 364 g/mol. The largest absolute Gasteiger partial charge is 0.382 e. The number of aliphatic hydroxyl groups excluding tert-OH is 1. The lowest BCUT2D eigenvalue weighted by molar-refractivity contribution is -0.142. The number of hydrogen-bond acceptors (Lipinski definition) is 3. The van der Waals surface area contributed by atoms with Crippen LogP contribution >= 0.6 is 11.6 Å². The van der Waals surface area contributed by atoms with Gasteiger partial charge in [-0.25, -0.2) is 13.8 Å². The Morgan fingerprint density at radius 3 is 2.64 bits per heavy atom. The van der Waals surface area contributed by atoms with E-state index >= 15 is 0 Å². The molecule has 0 bridgehead atoms. The van der Waals surface area contributed by atoms with Gasteiger partial charge in [0.15, 0.2) is 0 Å².